The van der Waals surface area contributed by atoms with Gasteiger partial charge in [-0.2, -0.15) is 0 Å². The maximum absolute atomic E-state index is 10.1. The molecule has 1 unspecified atom stereocenters. The molecule has 0 spiro atoms. The highest BCUT2D eigenvalue weighted by molar-refractivity contribution is 5.90. The zero-order chi connectivity index (χ0) is 15.5. The van der Waals surface area contributed by atoms with E-state index in [1.165, 1.54) is 0 Å². The molecule has 0 bridgehead atoms. The topological polar surface area (TPSA) is 54.4 Å². The Balaban J connectivity index is 1.95. The summed E-state index contributed by atoms with van der Waals surface area (Å²) in [5.41, 5.74) is 2.64. The van der Waals surface area contributed by atoms with E-state index in [0.717, 1.165) is 27.9 Å². The number of aromatic hydroxyl groups is 1. The molecule has 0 fully saturated rings. The third kappa shape index (κ3) is 2.68. The second-order valence-electron chi connectivity index (χ2n) is 5.17. The standard InChI is InChI=1S/C18H18N2O2/c1-12(15-11-14(22-2)8-9-17(15)21)20-16-7-3-5-13-6-4-10-19-18(13)16/h3-12,20-21H,1-2H3. The lowest BCUT2D eigenvalue weighted by atomic mass is 10.1. The number of methoxy groups -OCH3 is 1. The number of phenols is 1. The third-order valence-corrected chi connectivity index (χ3v) is 3.71. The lowest BCUT2D eigenvalue weighted by Crippen LogP contribution is -2.07. The van der Waals surface area contributed by atoms with Crippen molar-refractivity contribution in [3.8, 4) is 11.5 Å². The molecule has 0 aliphatic rings. The second-order valence-corrected chi connectivity index (χ2v) is 5.17. The van der Waals surface area contributed by atoms with Gasteiger partial charge in [0.25, 0.3) is 0 Å². The summed E-state index contributed by atoms with van der Waals surface area (Å²) in [6.45, 7) is 2.00. The van der Waals surface area contributed by atoms with Crippen LogP contribution in [0, 0.1) is 0 Å². The molecule has 0 radical (unpaired) electrons. The summed E-state index contributed by atoms with van der Waals surface area (Å²) in [5.74, 6) is 0.964. The highest BCUT2D eigenvalue weighted by atomic mass is 16.5. The normalized spacial score (nSPS) is 12.1. The molecule has 2 N–H and O–H groups in total. The molecular weight excluding hydrogens is 276 g/mol. The number of anilines is 1. The van der Waals surface area contributed by atoms with Gasteiger partial charge in [0.1, 0.15) is 11.5 Å². The zero-order valence-electron chi connectivity index (χ0n) is 12.6. The van der Waals surface area contributed by atoms with E-state index in [9.17, 15) is 5.11 Å². The highest BCUT2D eigenvalue weighted by Gasteiger charge is 2.13. The first-order chi connectivity index (χ1) is 10.7. The Kier molecular flexibility index (Phi) is 3.83. The Morgan fingerprint density at radius 3 is 2.77 bits per heavy atom. The molecule has 3 aromatic rings. The number of hydrogen-bond acceptors (Lipinski definition) is 4. The van der Waals surface area contributed by atoms with Gasteiger partial charge in [0.15, 0.2) is 0 Å². The molecular formula is C18H18N2O2. The van der Waals surface area contributed by atoms with Gasteiger partial charge in [0.05, 0.1) is 24.4 Å². The molecule has 1 aromatic heterocycles. The minimum absolute atomic E-state index is 0.0808. The fraction of sp³-hybridized carbons (Fsp3) is 0.167. The monoisotopic (exact) mass is 294 g/mol. The molecule has 22 heavy (non-hydrogen) atoms. The minimum atomic E-state index is -0.0808. The van der Waals surface area contributed by atoms with Crippen molar-refractivity contribution in [3.63, 3.8) is 0 Å². The molecule has 0 aliphatic carbocycles. The van der Waals surface area contributed by atoms with Crippen molar-refractivity contribution < 1.29 is 9.84 Å². The Morgan fingerprint density at radius 1 is 1.14 bits per heavy atom. The van der Waals surface area contributed by atoms with Crippen molar-refractivity contribution in [2.75, 3.05) is 12.4 Å². The van der Waals surface area contributed by atoms with Gasteiger partial charge in [-0.1, -0.05) is 18.2 Å². The van der Waals surface area contributed by atoms with Gasteiger partial charge < -0.3 is 15.2 Å². The van der Waals surface area contributed by atoms with Crippen LogP contribution >= 0.6 is 0 Å². The van der Waals surface area contributed by atoms with Crippen LogP contribution in [0.2, 0.25) is 0 Å². The molecule has 1 heterocycles. The van der Waals surface area contributed by atoms with Crippen LogP contribution in [0.25, 0.3) is 10.9 Å². The molecule has 0 aliphatic heterocycles. The molecule has 0 saturated carbocycles. The fourth-order valence-corrected chi connectivity index (χ4v) is 2.54. The van der Waals surface area contributed by atoms with E-state index in [4.69, 9.17) is 4.74 Å². The zero-order valence-corrected chi connectivity index (χ0v) is 12.6. The first-order valence-electron chi connectivity index (χ1n) is 7.16. The maximum atomic E-state index is 10.1. The van der Waals surface area contributed by atoms with Crippen molar-refractivity contribution in [3.05, 3.63) is 60.3 Å². The van der Waals surface area contributed by atoms with Crippen LogP contribution in [0.15, 0.2) is 54.7 Å². The van der Waals surface area contributed by atoms with Crippen LogP contribution in [-0.4, -0.2) is 17.2 Å². The summed E-state index contributed by atoms with van der Waals surface area (Å²) >= 11 is 0. The summed E-state index contributed by atoms with van der Waals surface area (Å²) in [6.07, 6.45) is 1.78. The van der Waals surface area contributed by atoms with Crippen LogP contribution in [0.5, 0.6) is 11.5 Å². The predicted octanol–water partition coefficient (Wildman–Crippen LogP) is 4.12. The van der Waals surface area contributed by atoms with Gasteiger partial charge in [-0.05, 0) is 37.3 Å². The van der Waals surface area contributed by atoms with E-state index in [-0.39, 0.29) is 11.8 Å². The highest BCUT2D eigenvalue weighted by Crippen LogP contribution is 2.32. The van der Waals surface area contributed by atoms with E-state index in [0.29, 0.717) is 0 Å². The lowest BCUT2D eigenvalue weighted by molar-refractivity contribution is 0.410. The average molecular weight is 294 g/mol. The van der Waals surface area contributed by atoms with Gasteiger partial charge in [0, 0.05) is 17.1 Å². The first kappa shape index (κ1) is 14.2. The van der Waals surface area contributed by atoms with Crippen LogP contribution in [0.3, 0.4) is 0 Å². The molecule has 3 rings (SSSR count). The molecule has 1 atom stereocenters. The van der Waals surface area contributed by atoms with E-state index in [1.807, 2.05) is 43.3 Å². The number of benzene rings is 2. The fourth-order valence-electron chi connectivity index (χ4n) is 2.54. The van der Waals surface area contributed by atoms with E-state index < -0.39 is 0 Å². The summed E-state index contributed by atoms with van der Waals surface area (Å²) in [5, 5.41) is 14.6. The first-order valence-corrected chi connectivity index (χ1v) is 7.16. The summed E-state index contributed by atoms with van der Waals surface area (Å²) in [4.78, 5) is 4.43. The van der Waals surface area contributed by atoms with Gasteiger partial charge in [-0.25, -0.2) is 0 Å². The third-order valence-electron chi connectivity index (χ3n) is 3.71. The quantitative estimate of drug-likeness (QED) is 0.760. The van der Waals surface area contributed by atoms with Gasteiger partial charge in [-0.3, -0.25) is 4.98 Å². The van der Waals surface area contributed by atoms with Crippen LogP contribution in [0.1, 0.15) is 18.5 Å². The Labute approximate surface area is 129 Å². The van der Waals surface area contributed by atoms with E-state index in [1.54, 1.807) is 25.4 Å². The summed E-state index contributed by atoms with van der Waals surface area (Å²) in [7, 11) is 1.61. The number of nitrogens with zero attached hydrogens (tertiary/aromatic N) is 1. The second kappa shape index (κ2) is 5.93. The van der Waals surface area contributed by atoms with E-state index in [2.05, 4.69) is 10.3 Å². The number of pyridine rings is 1. The summed E-state index contributed by atoms with van der Waals surface area (Å²) < 4.78 is 5.23. The number of nitrogens with one attached hydrogen (secondary N) is 1. The van der Waals surface area contributed by atoms with E-state index >= 15 is 0 Å². The smallest absolute Gasteiger partial charge is 0.121 e. The maximum Gasteiger partial charge on any atom is 0.121 e. The molecule has 0 saturated heterocycles. The van der Waals surface area contributed by atoms with Crippen LogP contribution in [-0.2, 0) is 0 Å². The van der Waals surface area contributed by atoms with Gasteiger partial charge >= 0.3 is 0 Å². The molecule has 0 amide bonds. The van der Waals surface area contributed by atoms with Crippen LogP contribution in [0.4, 0.5) is 5.69 Å². The Bertz CT molecular complexity index is 797. The molecule has 112 valence electrons. The van der Waals surface area contributed by atoms with Crippen molar-refractivity contribution >= 4 is 16.6 Å². The Hall–Kier alpha value is -2.75. The van der Waals surface area contributed by atoms with Gasteiger partial charge in [-0.15, -0.1) is 0 Å². The van der Waals surface area contributed by atoms with Crippen molar-refractivity contribution in [2.24, 2.45) is 0 Å². The number of fused-ring (bicyclic) bond motifs is 1. The summed E-state index contributed by atoms with van der Waals surface area (Å²) in [6, 6.07) is 15.1. The lowest BCUT2D eigenvalue weighted by Gasteiger charge is -2.18. The number of aromatic nitrogens is 1. The average Bonchev–Trinajstić information content (AvgIpc) is 2.55. The van der Waals surface area contributed by atoms with Crippen molar-refractivity contribution in [1.29, 1.82) is 0 Å². The molecule has 2 aromatic carbocycles. The number of phenolic OH excluding ortho intramolecular Hbond substituents is 1. The predicted molar refractivity (Wildman–Crippen MR) is 88.4 cm³/mol. The molecule has 4 nitrogen and oxygen atoms in total. The molecule has 4 heteroatoms. The number of para-hydroxylation sites is 1. The number of hydrogen-bond donors (Lipinski definition) is 2. The van der Waals surface area contributed by atoms with Crippen molar-refractivity contribution in [1.82, 2.24) is 4.98 Å². The minimum Gasteiger partial charge on any atom is -0.508 e. The largest absolute Gasteiger partial charge is 0.508 e. The van der Waals surface area contributed by atoms with Gasteiger partial charge in [0.2, 0.25) is 0 Å². The SMILES string of the molecule is COc1ccc(O)c(C(C)Nc2cccc3cccnc23)c1. The van der Waals surface area contributed by atoms with Crippen LogP contribution < -0.4 is 10.1 Å². The van der Waals surface area contributed by atoms with Crippen molar-refractivity contribution in [2.45, 2.75) is 13.0 Å². The Morgan fingerprint density at radius 2 is 1.95 bits per heavy atom. The number of rotatable bonds is 4. The number of ether oxygens (including phenoxy) is 1.